The Labute approximate surface area is 179 Å². The van der Waals surface area contributed by atoms with E-state index < -0.39 is 5.97 Å². The van der Waals surface area contributed by atoms with E-state index in [4.69, 9.17) is 28.4 Å². The molecule has 162 valence electrons. The van der Waals surface area contributed by atoms with Gasteiger partial charge in [0.05, 0.1) is 28.4 Å². The maximum atomic E-state index is 12.1. The summed E-state index contributed by atoms with van der Waals surface area (Å²) in [5.41, 5.74) is -0.147. The van der Waals surface area contributed by atoms with Crippen LogP contribution in [0.1, 0.15) is 10.4 Å². The molecule has 3 rings (SSSR count). The first-order valence-corrected chi connectivity index (χ1v) is 9.15. The molecule has 0 aliphatic heterocycles. The summed E-state index contributed by atoms with van der Waals surface area (Å²) >= 11 is 0. The van der Waals surface area contributed by atoms with Crippen LogP contribution in [0.4, 0.5) is 0 Å². The molecular weight excluding hydrogens is 404 g/mol. The zero-order valence-electron chi connectivity index (χ0n) is 17.5. The standard InChI is InChI=1S/C23H22O8/c1-26-14-8-15(27-2)11-18(10-14)30-20-6-5-7-21(22(20)23(24)25)31-19-12-16(28-3)9-17(13-19)29-4/h5-13H,1-4H3,(H,24,25). The topological polar surface area (TPSA) is 92.7 Å². The molecule has 0 saturated carbocycles. The molecule has 0 saturated heterocycles. The predicted molar refractivity (Wildman–Crippen MR) is 113 cm³/mol. The van der Waals surface area contributed by atoms with E-state index in [0.717, 1.165) is 0 Å². The Balaban J connectivity index is 2.00. The van der Waals surface area contributed by atoms with Crippen LogP contribution in [0.3, 0.4) is 0 Å². The Hall–Kier alpha value is -4.07. The number of carbonyl (C=O) groups is 1. The van der Waals surface area contributed by atoms with Crippen molar-refractivity contribution in [1.82, 2.24) is 0 Å². The van der Waals surface area contributed by atoms with Crippen LogP contribution >= 0.6 is 0 Å². The summed E-state index contributed by atoms with van der Waals surface area (Å²) in [6, 6.07) is 14.5. The van der Waals surface area contributed by atoms with Crippen molar-refractivity contribution < 1.29 is 38.3 Å². The molecule has 0 heterocycles. The second kappa shape index (κ2) is 9.62. The average Bonchev–Trinajstić information content (AvgIpc) is 2.78. The van der Waals surface area contributed by atoms with Gasteiger partial charge >= 0.3 is 5.97 Å². The van der Waals surface area contributed by atoms with Crippen LogP contribution in [-0.4, -0.2) is 39.5 Å². The van der Waals surface area contributed by atoms with Gasteiger partial charge in [-0.2, -0.15) is 0 Å². The van der Waals surface area contributed by atoms with Gasteiger partial charge in [-0.25, -0.2) is 4.79 Å². The molecule has 0 spiro atoms. The van der Waals surface area contributed by atoms with Crippen LogP contribution in [0.25, 0.3) is 0 Å². The highest BCUT2D eigenvalue weighted by Crippen LogP contribution is 2.38. The zero-order valence-corrected chi connectivity index (χ0v) is 17.5. The van der Waals surface area contributed by atoms with E-state index in [1.165, 1.54) is 40.6 Å². The molecule has 0 unspecified atom stereocenters. The van der Waals surface area contributed by atoms with Crippen molar-refractivity contribution in [3.63, 3.8) is 0 Å². The fraction of sp³-hybridized carbons (Fsp3) is 0.174. The minimum Gasteiger partial charge on any atom is -0.496 e. The van der Waals surface area contributed by atoms with Crippen LogP contribution in [0.2, 0.25) is 0 Å². The summed E-state index contributed by atoms with van der Waals surface area (Å²) in [6.07, 6.45) is 0. The zero-order chi connectivity index (χ0) is 22.4. The Kier molecular flexibility index (Phi) is 6.71. The minimum absolute atomic E-state index is 0.0927. The first-order chi connectivity index (χ1) is 15.0. The average molecular weight is 426 g/mol. The highest BCUT2D eigenvalue weighted by atomic mass is 16.5. The number of ether oxygens (including phenoxy) is 6. The van der Waals surface area contributed by atoms with Gasteiger partial charge in [0.2, 0.25) is 0 Å². The number of benzene rings is 3. The van der Waals surface area contributed by atoms with Gasteiger partial charge in [0.25, 0.3) is 0 Å². The number of aromatic carboxylic acids is 1. The van der Waals surface area contributed by atoms with Gasteiger partial charge in [0, 0.05) is 36.4 Å². The van der Waals surface area contributed by atoms with Crippen molar-refractivity contribution >= 4 is 5.97 Å². The van der Waals surface area contributed by atoms with Gasteiger partial charge in [-0.3, -0.25) is 0 Å². The Morgan fingerprint density at radius 2 is 0.935 bits per heavy atom. The van der Waals surface area contributed by atoms with Gasteiger partial charge in [-0.1, -0.05) is 6.07 Å². The van der Waals surface area contributed by atoms with Crippen LogP contribution in [0.5, 0.6) is 46.0 Å². The molecule has 8 nitrogen and oxygen atoms in total. The van der Waals surface area contributed by atoms with Crippen molar-refractivity contribution in [2.75, 3.05) is 28.4 Å². The third-order valence-electron chi connectivity index (χ3n) is 4.31. The highest BCUT2D eigenvalue weighted by molar-refractivity contribution is 5.94. The number of carboxylic acids is 1. The second-order valence-corrected chi connectivity index (χ2v) is 6.24. The molecule has 1 N–H and O–H groups in total. The van der Waals surface area contributed by atoms with E-state index in [0.29, 0.717) is 34.5 Å². The van der Waals surface area contributed by atoms with Crippen molar-refractivity contribution in [2.45, 2.75) is 0 Å². The highest BCUT2D eigenvalue weighted by Gasteiger charge is 2.20. The maximum Gasteiger partial charge on any atom is 0.343 e. The van der Waals surface area contributed by atoms with Crippen molar-refractivity contribution in [3.05, 3.63) is 60.2 Å². The Morgan fingerprint density at radius 1 is 0.613 bits per heavy atom. The van der Waals surface area contributed by atoms with E-state index in [2.05, 4.69) is 0 Å². The fourth-order valence-corrected chi connectivity index (χ4v) is 2.83. The summed E-state index contributed by atoms with van der Waals surface area (Å²) in [6.45, 7) is 0. The van der Waals surface area contributed by atoms with E-state index in [1.807, 2.05) is 0 Å². The van der Waals surface area contributed by atoms with Crippen molar-refractivity contribution in [1.29, 1.82) is 0 Å². The second-order valence-electron chi connectivity index (χ2n) is 6.24. The van der Waals surface area contributed by atoms with Crippen LogP contribution in [-0.2, 0) is 0 Å². The van der Waals surface area contributed by atoms with Gasteiger partial charge in [0.15, 0.2) is 0 Å². The molecular formula is C23H22O8. The van der Waals surface area contributed by atoms with Gasteiger partial charge < -0.3 is 33.5 Å². The van der Waals surface area contributed by atoms with Crippen LogP contribution in [0, 0.1) is 0 Å². The molecule has 0 amide bonds. The van der Waals surface area contributed by atoms with E-state index in [9.17, 15) is 9.90 Å². The summed E-state index contributed by atoms with van der Waals surface area (Å²) in [5.74, 6) is 1.67. The van der Waals surface area contributed by atoms with Gasteiger partial charge in [0.1, 0.15) is 51.6 Å². The molecule has 0 aliphatic carbocycles. The maximum absolute atomic E-state index is 12.1. The minimum atomic E-state index is -1.21. The third kappa shape index (κ3) is 5.11. The monoisotopic (exact) mass is 426 g/mol. The normalized spacial score (nSPS) is 10.2. The Morgan fingerprint density at radius 3 is 1.23 bits per heavy atom. The molecule has 3 aromatic rings. The summed E-state index contributed by atoms with van der Waals surface area (Å²) < 4.78 is 32.6. The SMILES string of the molecule is COc1cc(OC)cc(Oc2cccc(Oc3cc(OC)cc(OC)c3)c2C(=O)O)c1. The first kappa shape index (κ1) is 21.6. The number of hydrogen-bond acceptors (Lipinski definition) is 7. The lowest BCUT2D eigenvalue weighted by atomic mass is 10.1. The molecule has 0 aromatic heterocycles. The van der Waals surface area contributed by atoms with E-state index in [-0.39, 0.29) is 17.1 Å². The summed E-state index contributed by atoms with van der Waals surface area (Å²) in [4.78, 5) is 12.1. The largest absolute Gasteiger partial charge is 0.496 e. The van der Waals surface area contributed by atoms with Crippen molar-refractivity contribution in [2.24, 2.45) is 0 Å². The number of carboxylic acid groups (broad SMARTS) is 1. The lowest BCUT2D eigenvalue weighted by Gasteiger charge is -2.15. The van der Waals surface area contributed by atoms with Crippen molar-refractivity contribution in [3.8, 4) is 46.0 Å². The Bertz CT molecular complexity index is 957. The fourth-order valence-electron chi connectivity index (χ4n) is 2.83. The van der Waals surface area contributed by atoms with Crippen LogP contribution < -0.4 is 28.4 Å². The van der Waals surface area contributed by atoms with Gasteiger partial charge in [-0.15, -0.1) is 0 Å². The lowest BCUT2D eigenvalue weighted by Crippen LogP contribution is -2.03. The molecule has 0 aliphatic rings. The number of hydrogen-bond donors (Lipinski definition) is 1. The molecule has 0 fully saturated rings. The van der Waals surface area contributed by atoms with E-state index in [1.54, 1.807) is 42.5 Å². The molecule has 0 atom stereocenters. The molecule has 31 heavy (non-hydrogen) atoms. The number of rotatable bonds is 9. The molecule has 3 aromatic carbocycles. The summed E-state index contributed by atoms with van der Waals surface area (Å²) in [5, 5.41) is 9.85. The smallest absolute Gasteiger partial charge is 0.343 e. The number of methoxy groups -OCH3 is 4. The van der Waals surface area contributed by atoms with Crippen LogP contribution in [0.15, 0.2) is 54.6 Å². The molecule has 8 heteroatoms. The molecule has 0 bridgehead atoms. The third-order valence-corrected chi connectivity index (χ3v) is 4.31. The first-order valence-electron chi connectivity index (χ1n) is 9.15. The molecule has 0 radical (unpaired) electrons. The quantitative estimate of drug-likeness (QED) is 0.511. The summed E-state index contributed by atoms with van der Waals surface area (Å²) in [7, 11) is 6.05. The lowest BCUT2D eigenvalue weighted by molar-refractivity contribution is 0.0691. The van der Waals surface area contributed by atoms with E-state index >= 15 is 0 Å². The van der Waals surface area contributed by atoms with Gasteiger partial charge in [-0.05, 0) is 12.1 Å². The predicted octanol–water partition coefficient (Wildman–Crippen LogP) is 5.00.